The fraction of sp³-hybridized carbons (Fsp3) is 0.158. The predicted molar refractivity (Wildman–Crippen MR) is 94.2 cm³/mol. The summed E-state index contributed by atoms with van der Waals surface area (Å²) in [5.74, 6) is -3.20. The van der Waals surface area contributed by atoms with Crippen molar-refractivity contribution < 1.29 is 38.7 Å². The zero-order valence-corrected chi connectivity index (χ0v) is 14.7. The number of aromatic nitrogens is 2. The number of pyridine rings is 2. The molecule has 2 heterocycles. The van der Waals surface area contributed by atoms with Gasteiger partial charge in [0, 0.05) is 22.5 Å². The van der Waals surface area contributed by atoms with Gasteiger partial charge in [0.2, 0.25) is 5.78 Å². The fourth-order valence-corrected chi connectivity index (χ4v) is 2.98. The molecule has 2 aromatic heterocycles. The van der Waals surface area contributed by atoms with Gasteiger partial charge in [-0.25, -0.2) is 4.98 Å². The lowest BCUT2D eigenvalue weighted by Crippen LogP contribution is -2.56. The largest absolute Gasteiger partial charge is 0.542 e. The molecule has 4 rings (SSSR count). The van der Waals surface area contributed by atoms with Crippen molar-refractivity contribution >= 4 is 39.0 Å². The van der Waals surface area contributed by atoms with Crippen LogP contribution in [0.15, 0.2) is 42.6 Å². The van der Waals surface area contributed by atoms with E-state index in [1.54, 1.807) is 6.20 Å². The van der Waals surface area contributed by atoms with Crippen molar-refractivity contribution in [3.63, 3.8) is 0 Å². The van der Waals surface area contributed by atoms with Gasteiger partial charge >= 0.3 is 6.18 Å². The Morgan fingerprint density at radius 1 is 1.17 bits per heavy atom. The average molecular weight is 405 g/mol. The first-order valence-electron chi connectivity index (χ1n) is 8.34. The highest BCUT2D eigenvalue weighted by molar-refractivity contribution is 6.24. The second-order valence-corrected chi connectivity index (χ2v) is 6.11. The maximum absolute atomic E-state index is 12.3. The molecule has 150 valence electrons. The van der Waals surface area contributed by atoms with Crippen molar-refractivity contribution in [1.82, 2.24) is 9.97 Å². The highest BCUT2D eigenvalue weighted by Crippen LogP contribution is 2.35. The van der Waals surface area contributed by atoms with E-state index in [4.69, 9.17) is 9.90 Å². The number of ketones is 1. The van der Waals surface area contributed by atoms with Crippen LogP contribution in [0, 0.1) is 0 Å². The first-order chi connectivity index (χ1) is 13.6. The van der Waals surface area contributed by atoms with Gasteiger partial charge in [0.15, 0.2) is 0 Å². The van der Waals surface area contributed by atoms with Crippen LogP contribution in [-0.4, -0.2) is 45.7 Å². The molecule has 0 saturated heterocycles. The van der Waals surface area contributed by atoms with Gasteiger partial charge in [-0.3, -0.25) is 9.78 Å². The van der Waals surface area contributed by atoms with Crippen LogP contribution in [0.2, 0.25) is 0 Å². The van der Waals surface area contributed by atoms with Crippen molar-refractivity contribution in [2.75, 3.05) is 6.54 Å². The van der Waals surface area contributed by atoms with Gasteiger partial charge in [-0.15, -0.1) is 0 Å². The van der Waals surface area contributed by atoms with Crippen LogP contribution in [-0.2, 0) is 4.79 Å². The molecule has 1 aromatic carbocycles. The Morgan fingerprint density at radius 2 is 1.83 bits per heavy atom. The molecule has 1 atom stereocenters. The molecular formula is C19H14F3N3O4. The Morgan fingerprint density at radius 3 is 2.45 bits per heavy atom. The van der Waals surface area contributed by atoms with Crippen LogP contribution in [0.1, 0.15) is 16.2 Å². The lowest BCUT2D eigenvalue weighted by atomic mass is 9.90. The van der Waals surface area contributed by atoms with E-state index in [2.05, 4.69) is 15.7 Å². The molecule has 1 aliphatic rings. The summed E-state index contributed by atoms with van der Waals surface area (Å²) in [5, 5.41) is 21.6. The van der Waals surface area contributed by atoms with Gasteiger partial charge in [0.05, 0.1) is 11.2 Å². The number of hydrogen-bond donors (Lipinski definition) is 2. The van der Waals surface area contributed by atoms with E-state index in [0.717, 1.165) is 21.7 Å². The highest BCUT2D eigenvalue weighted by atomic mass is 19.4. The molecule has 0 spiro atoms. The van der Waals surface area contributed by atoms with Gasteiger partial charge in [0.25, 0.3) is 0 Å². The molecule has 0 radical (unpaired) electrons. The van der Waals surface area contributed by atoms with Crippen LogP contribution >= 0.6 is 0 Å². The number of hydrogen-bond acceptors (Lipinski definition) is 6. The van der Waals surface area contributed by atoms with E-state index in [0.29, 0.717) is 17.0 Å². The number of carboxylic acid groups (broad SMARTS) is 1. The number of aliphatic hydroxyl groups excluding tert-OH is 1. The lowest BCUT2D eigenvalue weighted by molar-refractivity contribution is -0.378. The van der Waals surface area contributed by atoms with Gasteiger partial charge in [-0.05, 0) is 23.6 Å². The standard InChI is InChI=1S/C17H13N3O2.C2HF3O2/c18-8-14(22)11-7-13(21)17-15-10(5-6-19-17)9-3-1-2-4-12(9)20-16(11)15;3-2(4,5)1(6)7/h1-7,14,22H,8,18H2;(H,6,7). The zero-order chi connectivity index (χ0) is 21.3. The predicted octanol–water partition coefficient (Wildman–Crippen LogP) is 0.264. The van der Waals surface area contributed by atoms with Crippen LogP contribution in [0.4, 0.5) is 13.2 Å². The number of fused-ring (bicyclic) bond motifs is 2. The number of benzene rings is 1. The van der Waals surface area contributed by atoms with Crippen LogP contribution < -0.4 is 10.8 Å². The van der Waals surface area contributed by atoms with E-state index in [-0.39, 0.29) is 12.3 Å². The lowest BCUT2D eigenvalue weighted by Gasteiger charge is -2.19. The third kappa shape index (κ3) is 3.80. The summed E-state index contributed by atoms with van der Waals surface area (Å²) in [6.45, 7) is 0.282. The third-order valence-electron chi connectivity index (χ3n) is 4.27. The second-order valence-electron chi connectivity index (χ2n) is 6.11. The number of carbonyl (C=O) groups is 2. The van der Waals surface area contributed by atoms with Crippen molar-refractivity contribution in [2.24, 2.45) is 0 Å². The molecule has 3 aromatic rings. The van der Waals surface area contributed by atoms with Crippen LogP contribution in [0.3, 0.4) is 0 Å². The Balaban J connectivity index is 0.000000298. The third-order valence-corrected chi connectivity index (χ3v) is 4.27. The second kappa shape index (κ2) is 7.57. The van der Waals surface area contributed by atoms with Gasteiger partial charge < -0.3 is 20.7 Å². The Hall–Kier alpha value is -3.37. The van der Waals surface area contributed by atoms with E-state index < -0.39 is 18.2 Å². The van der Waals surface area contributed by atoms with E-state index in [9.17, 15) is 23.1 Å². The maximum atomic E-state index is 12.3. The minimum Gasteiger partial charge on any atom is -0.542 e. The van der Waals surface area contributed by atoms with Gasteiger partial charge in [-0.2, -0.15) is 13.2 Å². The Labute approximate surface area is 161 Å². The number of aliphatic carboxylic acids is 1. The average Bonchev–Trinajstić information content (AvgIpc) is 2.69. The molecule has 4 N–H and O–H groups in total. The van der Waals surface area contributed by atoms with Gasteiger partial charge in [-0.1, -0.05) is 18.2 Å². The van der Waals surface area contributed by atoms with Crippen molar-refractivity contribution in [2.45, 2.75) is 12.3 Å². The first kappa shape index (κ1) is 20.4. The molecule has 10 heteroatoms. The number of aliphatic hydroxyl groups is 1. The quantitative estimate of drug-likeness (QED) is 0.588. The smallest absolute Gasteiger partial charge is 0.430 e. The summed E-state index contributed by atoms with van der Waals surface area (Å²) in [4.78, 5) is 30.0. The molecule has 29 heavy (non-hydrogen) atoms. The molecular weight excluding hydrogens is 391 g/mol. The normalized spacial score (nSPS) is 14.2. The number of quaternary nitrogens is 1. The highest BCUT2D eigenvalue weighted by Gasteiger charge is 2.29. The number of carboxylic acids is 1. The van der Waals surface area contributed by atoms with Crippen LogP contribution in [0.5, 0.6) is 0 Å². The summed E-state index contributed by atoms with van der Waals surface area (Å²) in [5.41, 5.74) is 6.11. The molecule has 0 saturated carbocycles. The molecule has 0 aliphatic heterocycles. The topological polar surface area (TPSA) is 131 Å². The Bertz CT molecular complexity index is 1160. The summed E-state index contributed by atoms with van der Waals surface area (Å²) < 4.78 is 31.5. The molecule has 0 bridgehead atoms. The maximum Gasteiger partial charge on any atom is 0.430 e. The monoisotopic (exact) mass is 405 g/mol. The number of halogens is 3. The number of rotatable bonds is 2. The summed E-state index contributed by atoms with van der Waals surface area (Å²) >= 11 is 0. The number of alkyl halides is 3. The molecule has 0 fully saturated rings. The zero-order valence-electron chi connectivity index (χ0n) is 14.7. The Kier molecular flexibility index (Phi) is 5.31. The first-order valence-corrected chi connectivity index (χ1v) is 8.34. The van der Waals surface area contributed by atoms with E-state index in [1.807, 2.05) is 30.3 Å². The number of carbonyl (C=O) groups excluding carboxylic acids is 2. The van der Waals surface area contributed by atoms with Crippen LogP contribution in [0.25, 0.3) is 27.2 Å². The van der Waals surface area contributed by atoms with E-state index in [1.165, 1.54) is 6.08 Å². The minimum absolute atomic E-state index is 0.197. The number of para-hydroxylation sites is 1. The minimum atomic E-state index is -5.19. The summed E-state index contributed by atoms with van der Waals surface area (Å²) in [7, 11) is 0. The van der Waals surface area contributed by atoms with E-state index >= 15 is 0 Å². The molecule has 1 aliphatic carbocycles. The molecule has 1 unspecified atom stereocenters. The van der Waals surface area contributed by atoms with Crippen molar-refractivity contribution in [1.29, 1.82) is 0 Å². The van der Waals surface area contributed by atoms with Gasteiger partial charge in [0.1, 0.15) is 24.3 Å². The molecule has 7 nitrogen and oxygen atoms in total. The summed E-state index contributed by atoms with van der Waals surface area (Å²) in [6.07, 6.45) is -2.93. The summed E-state index contributed by atoms with van der Waals surface area (Å²) in [6, 6.07) is 9.66. The fourth-order valence-electron chi connectivity index (χ4n) is 2.98. The number of nitrogens with zero attached hydrogens (tertiary/aromatic N) is 2. The van der Waals surface area contributed by atoms with Crippen molar-refractivity contribution in [3.05, 3.63) is 54.0 Å². The SMILES string of the molecule is O=C([O-])C(F)(F)F.[NH3+]CC(O)C1=CC(=O)c2nccc3c2c1nc1ccccc13. The number of allylic oxidation sites excluding steroid dienone is 1. The molecule has 0 amide bonds. The van der Waals surface area contributed by atoms with Crippen molar-refractivity contribution in [3.8, 4) is 0 Å².